The highest BCUT2D eigenvalue weighted by Gasteiger charge is 2.15. The Balaban J connectivity index is 1.46. The molecule has 5 rings (SSSR count). The lowest BCUT2D eigenvalue weighted by Gasteiger charge is -2.12. The van der Waals surface area contributed by atoms with Gasteiger partial charge in [0.25, 0.3) is 0 Å². The third-order valence-corrected chi connectivity index (χ3v) is 5.17. The summed E-state index contributed by atoms with van der Waals surface area (Å²) in [6, 6.07) is 16.1. The largest absolute Gasteiger partial charge is 0.496 e. The average molecular weight is 398 g/mol. The molecule has 0 radical (unpaired) electrons. The Morgan fingerprint density at radius 3 is 2.13 bits per heavy atom. The van der Waals surface area contributed by atoms with Crippen LogP contribution in [0.5, 0.6) is 5.75 Å². The molecule has 0 amide bonds. The van der Waals surface area contributed by atoms with E-state index in [0.29, 0.717) is 5.82 Å². The van der Waals surface area contributed by atoms with Gasteiger partial charge in [0.2, 0.25) is 0 Å². The molecule has 30 heavy (non-hydrogen) atoms. The standard InChI is InChI=1S/C23H22N6O/c1-30-20-14-17(22-27-12-13-28-22)6-7-18(20)19-8-9-24-23(29-19)16-4-2-15(3-5-16)21-25-10-11-26-21/h2-9,14H,10-13H2,1H3,(H,25,26)(H,27,28). The lowest BCUT2D eigenvalue weighted by molar-refractivity contribution is 0.416. The van der Waals surface area contributed by atoms with Gasteiger partial charge < -0.3 is 15.4 Å². The normalized spacial score (nSPS) is 15.2. The molecule has 0 bridgehead atoms. The number of benzene rings is 2. The Kier molecular flexibility index (Phi) is 4.85. The third-order valence-electron chi connectivity index (χ3n) is 5.17. The van der Waals surface area contributed by atoms with Gasteiger partial charge in [0, 0.05) is 41.5 Å². The van der Waals surface area contributed by atoms with Crippen LogP contribution in [-0.4, -0.2) is 54.9 Å². The maximum atomic E-state index is 5.65. The van der Waals surface area contributed by atoms with Gasteiger partial charge in [0.1, 0.15) is 17.4 Å². The Labute approximate surface area is 175 Å². The highest BCUT2D eigenvalue weighted by atomic mass is 16.5. The number of aromatic nitrogens is 2. The summed E-state index contributed by atoms with van der Waals surface area (Å²) in [6.07, 6.45) is 1.78. The van der Waals surface area contributed by atoms with Crippen molar-refractivity contribution in [2.24, 2.45) is 9.98 Å². The first-order chi connectivity index (χ1) is 14.8. The molecule has 0 fully saturated rings. The van der Waals surface area contributed by atoms with E-state index in [0.717, 1.165) is 71.5 Å². The second-order valence-electron chi connectivity index (χ2n) is 7.07. The van der Waals surface area contributed by atoms with Gasteiger partial charge in [0.05, 0.1) is 25.9 Å². The van der Waals surface area contributed by atoms with Crippen LogP contribution >= 0.6 is 0 Å². The Morgan fingerprint density at radius 2 is 1.47 bits per heavy atom. The summed E-state index contributed by atoms with van der Waals surface area (Å²) in [7, 11) is 1.67. The lowest BCUT2D eigenvalue weighted by Crippen LogP contribution is -2.19. The monoisotopic (exact) mass is 398 g/mol. The van der Waals surface area contributed by atoms with Gasteiger partial charge in [-0.25, -0.2) is 9.97 Å². The minimum absolute atomic E-state index is 0.674. The van der Waals surface area contributed by atoms with E-state index in [-0.39, 0.29) is 0 Å². The van der Waals surface area contributed by atoms with Crippen molar-refractivity contribution < 1.29 is 4.74 Å². The highest BCUT2D eigenvalue weighted by molar-refractivity contribution is 6.01. The smallest absolute Gasteiger partial charge is 0.159 e. The number of rotatable bonds is 5. The molecule has 150 valence electrons. The first-order valence-corrected chi connectivity index (χ1v) is 10.0. The molecule has 7 heteroatoms. The molecule has 0 unspecified atom stereocenters. The van der Waals surface area contributed by atoms with Crippen molar-refractivity contribution in [3.8, 4) is 28.4 Å². The molecule has 0 aliphatic carbocycles. The quantitative estimate of drug-likeness (QED) is 0.690. The Morgan fingerprint density at radius 1 is 0.800 bits per heavy atom. The van der Waals surface area contributed by atoms with E-state index < -0.39 is 0 Å². The number of methoxy groups -OCH3 is 1. The average Bonchev–Trinajstić information content (AvgIpc) is 3.53. The van der Waals surface area contributed by atoms with Crippen molar-refractivity contribution in [3.05, 3.63) is 65.9 Å². The summed E-state index contributed by atoms with van der Waals surface area (Å²) in [6.45, 7) is 3.40. The second-order valence-corrected chi connectivity index (χ2v) is 7.07. The summed E-state index contributed by atoms with van der Waals surface area (Å²) < 4.78 is 5.65. The molecule has 7 nitrogen and oxygen atoms in total. The molecule has 0 atom stereocenters. The fourth-order valence-corrected chi connectivity index (χ4v) is 3.66. The van der Waals surface area contributed by atoms with Crippen LogP contribution in [0.15, 0.2) is 64.7 Å². The molecule has 0 spiro atoms. The van der Waals surface area contributed by atoms with Crippen molar-refractivity contribution in [2.45, 2.75) is 0 Å². The topological polar surface area (TPSA) is 83.8 Å². The number of ether oxygens (including phenoxy) is 1. The lowest BCUT2D eigenvalue weighted by atomic mass is 10.1. The molecule has 3 heterocycles. The van der Waals surface area contributed by atoms with Crippen molar-refractivity contribution in [2.75, 3.05) is 33.3 Å². The molecular formula is C23H22N6O. The molecule has 1 aromatic heterocycles. The summed E-state index contributed by atoms with van der Waals surface area (Å²) in [5.74, 6) is 3.29. The van der Waals surface area contributed by atoms with Crippen molar-refractivity contribution in [1.82, 2.24) is 20.6 Å². The zero-order valence-electron chi connectivity index (χ0n) is 16.7. The van der Waals surface area contributed by atoms with E-state index >= 15 is 0 Å². The number of amidine groups is 2. The third kappa shape index (κ3) is 3.50. The van der Waals surface area contributed by atoms with Crippen LogP contribution in [0.1, 0.15) is 11.1 Å². The van der Waals surface area contributed by atoms with Gasteiger partial charge in [0.15, 0.2) is 5.82 Å². The van der Waals surface area contributed by atoms with Crippen LogP contribution in [0.2, 0.25) is 0 Å². The van der Waals surface area contributed by atoms with E-state index in [1.54, 1.807) is 13.3 Å². The van der Waals surface area contributed by atoms with Gasteiger partial charge in [-0.05, 0) is 18.2 Å². The fraction of sp³-hybridized carbons (Fsp3) is 0.217. The minimum atomic E-state index is 0.674. The fourth-order valence-electron chi connectivity index (χ4n) is 3.66. The predicted octanol–water partition coefficient (Wildman–Crippen LogP) is 2.52. The Bertz CT molecular complexity index is 1140. The molecule has 3 aromatic rings. The second kappa shape index (κ2) is 7.94. The maximum absolute atomic E-state index is 5.65. The van der Waals surface area contributed by atoms with Gasteiger partial charge in [-0.2, -0.15) is 0 Å². The first-order valence-electron chi connectivity index (χ1n) is 10.0. The van der Waals surface area contributed by atoms with E-state index in [2.05, 4.69) is 25.6 Å². The van der Waals surface area contributed by atoms with Crippen LogP contribution in [0.4, 0.5) is 0 Å². The maximum Gasteiger partial charge on any atom is 0.159 e. The summed E-state index contributed by atoms with van der Waals surface area (Å²) in [4.78, 5) is 18.2. The summed E-state index contributed by atoms with van der Waals surface area (Å²) in [5, 5.41) is 6.59. The van der Waals surface area contributed by atoms with Crippen LogP contribution in [0.3, 0.4) is 0 Å². The Hall–Kier alpha value is -3.74. The highest BCUT2D eigenvalue weighted by Crippen LogP contribution is 2.31. The summed E-state index contributed by atoms with van der Waals surface area (Å²) >= 11 is 0. The molecule has 0 saturated carbocycles. The van der Waals surface area contributed by atoms with Crippen LogP contribution in [-0.2, 0) is 0 Å². The van der Waals surface area contributed by atoms with E-state index in [9.17, 15) is 0 Å². The minimum Gasteiger partial charge on any atom is -0.496 e. The molecule has 2 aliphatic heterocycles. The number of nitrogens with one attached hydrogen (secondary N) is 2. The van der Waals surface area contributed by atoms with Crippen LogP contribution < -0.4 is 15.4 Å². The van der Waals surface area contributed by atoms with Crippen molar-refractivity contribution in [3.63, 3.8) is 0 Å². The van der Waals surface area contributed by atoms with Crippen LogP contribution in [0, 0.1) is 0 Å². The molecular weight excluding hydrogens is 376 g/mol. The van der Waals surface area contributed by atoms with Crippen LogP contribution in [0.25, 0.3) is 22.6 Å². The molecule has 2 aliphatic rings. The van der Waals surface area contributed by atoms with Crippen molar-refractivity contribution >= 4 is 11.7 Å². The van der Waals surface area contributed by atoms with Gasteiger partial charge >= 0.3 is 0 Å². The predicted molar refractivity (Wildman–Crippen MR) is 118 cm³/mol. The number of hydrogen-bond donors (Lipinski definition) is 2. The first kappa shape index (κ1) is 18.3. The van der Waals surface area contributed by atoms with Gasteiger partial charge in [-0.3, -0.25) is 9.98 Å². The van der Waals surface area contributed by atoms with E-state index in [1.165, 1.54) is 0 Å². The molecule has 0 saturated heterocycles. The zero-order valence-corrected chi connectivity index (χ0v) is 16.7. The number of aliphatic imine (C=N–C) groups is 2. The van der Waals surface area contributed by atoms with E-state index in [4.69, 9.17) is 9.72 Å². The van der Waals surface area contributed by atoms with E-state index in [1.807, 2.05) is 48.5 Å². The molecule has 2 N–H and O–H groups in total. The zero-order chi connectivity index (χ0) is 20.3. The van der Waals surface area contributed by atoms with Gasteiger partial charge in [-0.1, -0.05) is 30.3 Å². The number of nitrogens with zero attached hydrogens (tertiary/aromatic N) is 4. The number of hydrogen-bond acceptors (Lipinski definition) is 7. The van der Waals surface area contributed by atoms with Crippen molar-refractivity contribution in [1.29, 1.82) is 0 Å². The molecule has 2 aromatic carbocycles. The SMILES string of the molecule is COc1cc(C2=NCCN2)ccc1-c1ccnc(-c2ccc(C3=NCCN3)cc2)n1. The summed E-state index contributed by atoms with van der Waals surface area (Å²) in [5.41, 5.74) is 4.79. The van der Waals surface area contributed by atoms with Gasteiger partial charge in [-0.15, -0.1) is 0 Å².